The summed E-state index contributed by atoms with van der Waals surface area (Å²) in [5.41, 5.74) is 6.83. The summed E-state index contributed by atoms with van der Waals surface area (Å²) in [5.74, 6) is 0. The van der Waals surface area contributed by atoms with E-state index in [1.807, 2.05) is 112 Å². The zero-order valence-electron chi connectivity index (χ0n) is 32.7. The monoisotopic (exact) mass is 803 g/mol. The van der Waals surface area contributed by atoms with E-state index in [0.717, 1.165) is 49.2 Å². The predicted octanol–water partition coefficient (Wildman–Crippen LogP) is 10.5. The number of ether oxygens (including phenoxy) is 1. The Hall–Kier alpha value is -6.43. The second kappa shape index (κ2) is 15.1. The average molecular weight is 804 g/mol. The number of hydrogen-bond acceptors (Lipinski definition) is 8. The highest BCUT2D eigenvalue weighted by atomic mass is 32.2. The summed E-state index contributed by atoms with van der Waals surface area (Å²) >= 11 is 1.19. The fourth-order valence-corrected chi connectivity index (χ4v) is 9.19. The lowest BCUT2D eigenvalue weighted by Gasteiger charge is -2.36. The maximum Gasteiger partial charge on any atom is 0.414 e. The minimum Gasteiger partial charge on any atom is -0.443 e. The van der Waals surface area contributed by atoms with Crippen LogP contribution in [-0.2, 0) is 20.1 Å². The van der Waals surface area contributed by atoms with Crippen molar-refractivity contribution in [2.24, 2.45) is 0 Å². The molecule has 8 aromatic rings. The van der Waals surface area contributed by atoms with Gasteiger partial charge in [-0.2, -0.15) is 5.10 Å². The zero-order valence-corrected chi connectivity index (χ0v) is 34.3. The SMILES string of the molecule is CN(C(=O)OC(C)(C)C)c1ccc(-c2nn(C(c3ccccc3)(c3ccccc3)c3ccccc3)cc2-c2ccc3ncnc(-c4ccc(S(C)(=O)=O)s4)c3c2)cc1. The van der Waals surface area contributed by atoms with Gasteiger partial charge in [0.15, 0.2) is 9.84 Å². The van der Waals surface area contributed by atoms with Gasteiger partial charge in [0.05, 0.1) is 16.1 Å². The van der Waals surface area contributed by atoms with Crippen molar-refractivity contribution in [1.29, 1.82) is 0 Å². The molecule has 58 heavy (non-hydrogen) atoms. The molecule has 0 atom stereocenters. The molecule has 5 aromatic carbocycles. The molecule has 0 aliphatic heterocycles. The van der Waals surface area contributed by atoms with Crippen molar-refractivity contribution in [2.75, 3.05) is 18.2 Å². The molecule has 0 N–H and O–H groups in total. The maximum absolute atomic E-state index is 13.0. The van der Waals surface area contributed by atoms with Crippen LogP contribution in [0.25, 0.3) is 43.9 Å². The standard InChI is InChI=1S/C47H41N5O4S2/c1-46(2,3)56-45(53)51(4)37-24-21-32(22-25-37)43-39(33-23-26-40-38(29-33)44(49-31-48-40)41-27-28-42(57-41)58(5,54)55)30-52(50-43)47(34-15-9-6-10-16-34,35-17-11-7-12-18-35)36-19-13-8-14-20-36/h6-31H,1-5H3. The molecule has 0 bridgehead atoms. The van der Waals surface area contributed by atoms with Gasteiger partial charge in [-0.05, 0) is 79.4 Å². The summed E-state index contributed by atoms with van der Waals surface area (Å²) in [6.45, 7) is 5.53. The summed E-state index contributed by atoms with van der Waals surface area (Å²) in [6, 6.07) is 48.3. The minimum absolute atomic E-state index is 0.272. The molecule has 0 aliphatic carbocycles. The molecular formula is C47H41N5O4S2. The molecule has 0 saturated carbocycles. The minimum atomic E-state index is -3.40. The second-order valence-corrected chi connectivity index (χ2v) is 18.4. The first kappa shape index (κ1) is 38.4. The number of amides is 1. The third-order valence-corrected chi connectivity index (χ3v) is 12.9. The first-order chi connectivity index (χ1) is 27.8. The van der Waals surface area contributed by atoms with Crippen LogP contribution in [0.2, 0.25) is 0 Å². The van der Waals surface area contributed by atoms with Crippen LogP contribution >= 0.6 is 11.3 Å². The van der Waals surface area contributed by atoms with Crippen LogP contribution in [0.3, 0.4) is 0 Å². The number of carbonyl (C=O) groups excluding carboxylic acids is 1. The van der Waals surface area contributed by atoms with E-state index in [-0.39, 0.29) is 4.21 Å². The van der Waals surface area contributed by atoms with Crippen molar-refractivity contribution in [3.05, 3.63) is 175 Å². The second-order valence-electron chi connectivity index (χ2n) is 15.1. The van der Waals surface area contributed by atoms with Crippen molar-refractivity contribution in [2.45, 2.75) is 36.1 Å². The Labute approximate surface area is 342 Å². The Morgan fingerprint density at radius 3 is 1.81 bits per heavy atom. The number of thiophene rings is 1. The van der Waals surface area contributed by atoms with Gasteiger partial charge >= 0.3 is 6.09 Å². The first-order valence-corrected chi connectivity index (χ1v) is 21.4. The number of anilines is 1. The lowest BCUT2D eigenvalue weighted by molar-refractivity contribution is 0.0589. The molecule has 0 aliphatic rings. The first-order valence-electron chi connectivity index (χ1n) is 18.7. The molecule has 0 spiro atoms. The van der Waals surface area contributed by atoms with Gasteiger partial charge in [0.25, 0.3) is 0 Å². The van der Waals surface area contributed by atoms with Crippen LogP contribution in [-0.4, -0.2) is 53.2 Å². The molecule has 290 valence electrons. The zero-order chi connectivity index (χ0) is 40.7. The lowest BCUT2D eigenvalue weighted by Crippen LogP contribution is -2.38. The van der Waals surface area contributed by atoms with Gasteiger partial charge in [-0.15, -0.1) is 11.3 Å². The normalized spacial score (nSPS) is 12.1. The Balaban J connectivity index is 1.37. The van der Waals surface area contributed by atoms with E-state index in [4.69, 9.17) is 9.84 Å². The Bertz CT molecular complexity index is 2750. The van der Waals surface area contributed by atoms with E-state index in [1.54, 1.807) is 19.2 Å². The van der Waals surface area contributed by atoms with Crippen LogP contribution in [0, 0.1) is 0 Å². The number of hydrogen-bond donors (Lipinski definition) is 0. The van der Waals surface area contributed by atoms with Crippen LogP contribution in [0.15, 0.2) is 162 Å². The lowest BCUT2D eigenvalue weighted by atomic mass is 9.77. The number of benzene rings is 5. The third kappa shape index (κ3) is 7.30. The van der Waals surface area contributed by atoms with Crippen molar-refractivity contribution < 1.29 is 17.9 Å². The quantitative estimate of drug-likeness (QED) is 0.134. The van der Waals surface area contributed by atoms with Crippen molar-refractivity contribution in [3.63, 3.8) is 0 Å². The Morgan fingerprint density at radius 1 is 0.707 bits per heavy atom. The van der Waals surface area contributed by atoms with E-state index >= 15 is 0 Å². The van der Waals surface area contributed by atoms with Gasteiger partial charge in [-0.3, -0.25) is 9.58 Å². The van der Waals surface area contributed by atoms with Gasteiger partial charge in [-0.1, -0.05) is 109 Å². The highest BCUT2D eigenvalue weighted by molar-refractivity contribution is 7.92. The van der Waals surface area contributed by atoms with Gasteiger partial charge in [0, 0.05) is 41.7 Å². The molecule has 3 heterocycles. The summed E-state index contributed by atoms with van der Waals surface area (Å²) in [4.78, 5) is 24.5. The molecule has 0 fully saturated rings. The number of nitrogens with zero attached hydrogens (tertiary/aromatic N) is 5. The summed E-state index contributed by atoms with van der Waals surface area (Å²) in [5, 5.41) is 6.30. The van der Waals surface area contributed by atoms with E-state index < -0.39 is 27.1 Å². The molecule has 0 saturated heterocycles. The molecule has 1 amide bonds. The Kier molecular flexibility index (Phi) is 10.0. The summed E-state index contributed by atoms with van der Waals surface area (Å²) < 4.78 is 32.8. The molecule has 0 unspecified atom stereocenters. The fraction of sp³-hybridized carbons (Fsp3) is 0.149. The van der Waals surface area contributed by atoms with Gasteiger partial charge in [0.1, 0.15) is 27.4 Å². The van der Waals surface area contributed by atoms with E-state index in [0.29, 0.717) is 17.1 Å². The smallest absolute Gasteiger partial charge is 0.414 e. The topological polar surface area (TPSA) is 107 Å². The van der Waals surface area contributed by atoms with Gasteiger partial charge in [-0.25, -0.2) is 23.2 Å². The molecule has 11 heteroatoms. The van der Waals surface area contributed by atoms with Crippen LogP contribution in [0.4, 0.5) is 10.5 Å². The third-order valence-electron chi connectivity index (χ3n) is 9.95. The maximum atomic E-state index is 13.0. The molecule has 8 rings (SSSR count). The van der Waals surface area contributed by atoms with Crippen molar-refractivity contribution >= 4 is 43.9 Å². The van der Waals surface area contributed by atoms with Crippen LogP contribution in [0.1, 0.15) is 37.5 Å². The highest BCUT2D eigenvalue weighted by Crippen LogP contribution is 2.44. The van der Waals surface area contributed by atoms with Crippen molar-refractivity contribution in [3.8, 4) is 33.0 Å². The number of aromatic nitrogens is 4. The van der Waals surface area contributed by atoms with Crippen molar-refractivity contribution in [1.82, 2.24) is 19.7 Å². The number of sulfone groups is 1. The summed E-state index contributed by atoms with van der Waals surface area (Å²) in [7, 11) is -1.70. The van der Waals surface area contributed by atoms with Gasteiger partial charge in [0.2, 0.25) is 0 Å². The molecule has 3 aromatic heterocycles. The molecular weight excluding hydrogens is 763 g/mol. The number of carbonyl (C=O) groups is 1. The van der Waals surface area contributed by atoms with E-state index in [2.05, 4.69) is 63.3 Å². The number of rotatable bonds is 9. The van der Waals surface area contributed by atoms with Crippen LogP contribution < -0.4 is 4.90 Å². The van der Waals surface area contributed by atoms with E-state index in [1.165, 1.54) is 28.8 Å². The summed E-state index contributed by atoms with van der Waals surface area (Å²) in [6.07, 6.45) is 4.36. The molecule has 0 radical (unpaired) electrons. The Morgan fingerprint density at radius 2 is 1.28 bits per heavy atom. The highest BCUT2D eigenvalue weighted by Gasteiger charge is 2.40. The van der Waals surface area contributed by atoms with Gasteiger partial charge < -0.3 is 4.74 Å². The molecule has 9 nitrogen and oxygen atoms in total. The largest absolute Gasteiger partial charge is 0.443 e. The predicted molar refractivity (Wildman–Crippen MR) is 232 cm³/mol. The van der Waals surface area contributed by atoms with E-state index in [9.17, 15) is 13.2 Å². The van der Waals surface area contributed by atoms with Crippen LogP contribution in [0.5, 0.6) is 0 Å². The number of fused-ring (bicyclic) bond motifs is 1. The average Bonchev–Trinajstić information content (AvgIpc) is 3.91. The fourth-order valence-electron chi connectivity index (χ4n) is 7.25.